The maximum Gasteiger partial charge on any atom is 2.00 e. The van der Waals surface area contributed by atoms with E-state index in [1.165, 1.54) is 19.3 Å². The molecule has 0 spiro atoms. The largest absolute Gasteiger partial charge is 2.00 e. The van der Waals surface area contributed by atoms with Gasteiger partial charge in [0.25, 0.3) is 0 Å². The van der Waals surface area contributed by atoms with Crippen LogP contribution >= 0.6 is 0 Å². The standard InChI is InChI=1S/C12H27OSi.ClH.Mg/c1-7-8-9-10-11-13-14(5,6)12(2,3)4;;/h1,7-11H2,2-6H3;1H;/q-1;;+2/p-1. The van der Waals surface area contributed by atoms with Crippen molar-refractivity contribution in [2.75, 3.05) is 6.61 Å². The van der Waals surface area contributed by atoms with Crippen LogP contribution in [0.4, 0.5) is 0 Å². The van der Waals surface area contributed by atoms with Crippen molar-refractivity contribution in [3.05, 3.63) is 6.92 Å². The average molecular weight is 275 g/mol. The van der Waals surface area contributed by atoms with E-state index in [2.05, 4.69) is 40.8 Å². The molecule has 0 N–H and O–H groups in total. The molecule has 94 valence electrons. The predicted molar refractivity (Wildman–Crippen MR) is 72.7 cm³/mol. The SMILES string of the molecule is [CH2-]CCCCCO[Si](C)(C)C(C)(C)C.[Cl-].[Mg+2]. The first-order chi connectivity index (χ1) is 6.31. The van der Waals surface area contributed by atoms with Crippen molar-refractivity contribution < 1.29 is 16.8 Å². The topological polar surface area (TPSA) is 9.23 Å². The molecule has 0 aromatic carbocycles. The van der Waals surface area contributed by atoms with Crippen LogP contribution in [-0.2, 0) is 4.43 Å². The second-order valence-corrected chi connectivity index (χ2v) is 10.3. The maximum atomic E-state index is 6.06. The van der Waals surface area contributed by atoms with E-state index in [1.807, 2.05) is 0 Å². The summed E-state index contributed by atoms with van der Waals surface area (Å²) in [7, 11) is -1.48. The molecule has 0 rings (SSSR count). The molecule has 0 aliphatic rings. The Morgan fingerprint density at radius 2 is 1.56 bits per heavy atom. The van der Waals surface area contributed by atoms with Gasteiger partial charge in [-0.05, 0) is 24.6 Å². The van der Waals surface area contributed by atoms with Crippen molar-refractivity contribution in [1.82, 2.24) is 0 Å². The number of unbranched alkanes of at least 4 members (excludes halogenated alkanes) is 3. The van der Waals surface area contributed by atoms with Crippen LogP contribution in [0, 0.1) is 6.92 Å². The summed E-state index contributed by atoms with van der Waals surface area (Å²) in [5.74, 6) is 0. The first kappa shape index (κ1) is 22.4. The molecule has 0 heterocycles. The van der Waals surface area contributed by atoms with Gasteiger partial charge in [-0.3, -0.25) is 0 Å². The van der Waals surface area contributed by atoms with E-state index in [0.29, 0.717) is 5.04 Å². The van der Waals surface area contributed by atoms with E-state index in [4.69, 9.17) is 4.43 Å². The molecule has 0 atom stereocenters. The van der Waals surface area contributed by atoms with Crippen molar-refractivity contribution >= 4 is 31.4 Å². The fourth-order valence-electron chi connectivity index (χ4n) is 0.999. The Hall–Kier alpha value is 1.23. The molecule has 0 aliphatic heterocycles. The van der Waals surface area contributed by atoms with Gasteiger partial charge in [-0.15, -0.1) is 0 Å². The molecule has 0 saturated carbocycles. The minimum absolute atomic E-state index is 0. The Morgan fingerprint density at radius 3 is 1.94 bits per heavy atom. The molecule has 0 saturated heterocycles. The zero-order chi connectivity index (χ0) is 11.2. The van der Waals surface area contributed by atoms with Gasteiger partial charge in [-0.1, -0.05) is 33.6 Å². The van der Waals surface area contributed by atoms with Gasteiger partial charge in [0.2, 0.25) is 0 Å². The van der Waals surface area contributed by atoms with Crippen LogP contribution in [0.15, 0.2) is 0 Å². The van der Waals surface area contributed by atoms with E-state index >= 15 is 0 Å². The smallest absolute Gasteiger partial charge is 1.00 e. The average Bonchev–Trinajstić information content (AvgIpc) is 2.02. The quantitative estimate of drug-likeness (QED) is 0.399. The van der Waals surface area contributed by atoms with Gasteiger partial charge in [0.1, 0.15) is 0 Å². The van der Waals surface area contributed by atoms with Crippen LogP contribution in [-0.4, -0.2) is 38.0 Å². The second-order valence-electron chi connectivity index (χ2n) is 5.52. The van der Waals surface area contributed by atoms with Gasteiger partial charge < -0.3 is 23.8 Å². The van der Waals surface area contributed by atoms with Gasteiger partial charge in [0, 0.05) is 6.61 Å². The fraction of sp³-hybridized carbons (Fsp3) is 0.917. The summed E-state index contributed by atoms with van der Waals surface area (Å²) in [6.45, 7) is 16.3. The molecular weight excluding hydrogens is 248 g/mol. The summed E-state index contributed by atoms with van der Waals surface area (Å²) >= 11 is 0. The number of hydrogen-bond donors (Lipinski definition) is 0. The summed E-state index contributed by atoms with van der Waals surface area (Å²) < 4.78 is 6.06. The van der Waals surface area contributed by atoms with E-state index in [1.54, 1.807) is 0 Å². The first-order valence-electron chi connectivity index (χ1n) is 5.74. The van der Waals surface area contributed by atoms with Crippen LogP contribution in [0.5, 0.6) is 0 Å². The van der Waals surface area contributed by atoms with E-state index in [-0.39, 0.29) is 35.5 Å². The van der Waals surface area contributed by atoms with E-state index in [0.717, 1.165) is 13.0 Å². The van der Waals surface area contributed by atoms with Gasteiger partial charge >= 0.3 is 23.1 Å². The molecule has 0 aromatic rings. The summed E-state index contributed by atoms with van der Waals surface area (Å²) in [5.41, 5.74) is 0. The van der Waals surface area contributed by atoms with Crippen LogP contribution in [0.3, 0.4) is 0 Å². The van der Waals surface area contributed by atoms with Crippen molar-refractivity contribution in [3.63, 3.8) is 0 Å². The monoisotopic (exact) mass is 274 g/mol. The molecule has 16 heavy (non-hydrogen) atoms. The summed E-state index contributed by atoms with van der Waals surface area (Å²) in [6, 6.07) is 0. The molecule has 0 unspecified atom stereocenters. The molecule has 0 fully saturated rings. The predicted octanol–water partition coefficient (Wildman–Crippen LogP) is 1.03. The Morgan fingerprint density at radius 1 is 1.06 bits per heavy atom. The Labute approximate surface area is 126 Å². The number of hydrogen-bond acceptors (Lipinski definition) is 1. The molecule has 0 bridgehead atoms. The Balaban J connectivity index is -0.000000845. The second kappa shape index (κ2) is 10.2. The maximum absolute atomic E-state index is 6.06. The molecule has 0 radical (unpaired) electrons. The van der Waals surface area contributed by atoms with Crippen molar-refractivity contribution in [1.29, 1.82) is 0 Å². The minimum Gasteiger partial charge on any atom is -1.00 e. The molecule has 4 heteroatoms. The van der Waals surface area contributed by atoms with Crippen LogP contribution < -0.4 is 12.4 Å². The van der Waals surface area contributed by atoms with E-state index in [9.17, 15) is 0 Å². The van der Waals surface area contributed by atoms with Crippen molar-refractivity contribution in [2.24, 2.45) is 0 Å². The van der Waals surface area contributed by atoms with Gasteiger partial charge in [-0.2, -0.15) is 6.42 Å². The molecule has 0 aliphatic carbocycles. The molecule has 0 amide bonds. The van der Waals surface area contributed by atoms with Crippen LogP contribution in [0.25, 0.3) is 0 Å². The third-order valence-electron chi connectivity index (χ3n) is 3.16. The number of rotatable bonds is 6. The normalized spacial score (nSPS) is 11.6. The van der Waals surface area contributed by atoms with E-state index < -0.39 is 8.32 Å². The Bertz CT molecular complexity index is 158. The zero-order valence-corrected chi connectivity index (χ0v) is 14.9. The zero-order valence-electron chi connectivity index (χ0n) is 11.7. The summed E-state index contributed by atoms with van der Waals surface area (Å²) in [4.78, 5) is 0. The van der Waals surface area contributed by atoms with Crippen molar-refractivity contribution in [2.45, 2.75) is 64.6 Å². The minimum atomic E-state index is -1.48. The van der Waals surface area contributed by atoms with Crippen LogP contribution in [0.2, 0.25) is 18.1 Å². The molecular formula is C12H27ClMgOSi. The third-order valence-corrected chi connectivity index (χ3v) is 7.70. The van der Waals surface area contributed by atoms with Gasteiger partial charge in [-0.25, -0.2) is 0 Å². The van der Waals surface area contributed by atoms with Crippen molar-refractivity contribution in [3.8, 4) is 0 Å². The van der Waals surface area contributed by atoms with Gasteiger partial charge in [0.05, 0.1) is 0 Å². The number of halogens is 1. The first-order valence-corrected chi connectivity index (χ1v) is 8.65. The third kappa shape index (κ3) is 9.28. The summed E-state index contributed by atoms with van der Waals surface area (Å²) in [6.07, 6.45) is 4.75. The van der Waals surface area contributed by atoms with Crippen LogP contribution in [0.1, 0.15) is 46.5 Å². The fourth-order valence-corrected chi connectivity index (χ4v) is 2.09. The Kier molecular flexibility index (Phi) is 14.3. The van der Waals surface area contributed by atoms with Gasteiger partial charge in [0.15, 0.2) is 8.32 Å². The molecule has 0 aromatic heterocycles. The molecule has 1 nitrogen and oxygen atoms in total. The summed E-state index contributed by atoms with van der Waals surface area (Å²) in [5, 5.41) is 0.347.